The van der Waals surface area contributed by atoms with E-state index in [0.717, 1.165) is 0 Å². The summed E-state index contributed by atoms with van der Waals surface area (Å²) in [6, 6.07) is 0. The number of thiol groups is 1. The van der Waals surface area contributed by atoms with E-state index in [1.807, 2.05) is 6.92 Å². The van der Waals surface area contributed by atoms with Crippen LogP contribution in [0.15, 0.2) is 4.99 Å². The molecule has 0 fully saturated rings. The van der Waals surface area contributed by atoms with E-state index >= 15 is 0 Å². The lowest BCUT2D eigenvalue weighted by atomic mass is 10.4. The van der Waals surface area contributed by atoms with E-state index in [9.17, 15) is 4.79 Å². The van der Waals surface area contributed by atoms with Gasteiger partial charge in [0.1, 0.15) is 12.0 Å². The summed E-state index contributed by atoms with van der Waals surface area (Å²) in [5, 5.41) is 7.64. The number of carbonyl (C=O) groups is 1. The Labute approximate surface area is 69.3 Å². The zero-order valence-electron chi connectivity index (χ0n) is 5.90. The van der Waals surface area contributed by atoms with Crippen LogP contribution in [0.2, 0.25) is 0 Å². The van der Waals surface area contributed by atoms with Gasteiger partial charge < -0.3 is 10.5 Å². The Kier molecular flexibility index (Phi) is 2.35. The average molecular weight is 175 g/mol. The van der Waals surface area contributed by atoms with Crippen LogP contribution in [0.5, 0.6) is 0 Å². The molecule has 1 aliphatic heterocycles. The van der Waals surface area contributed by atoms with Crippen molar-refractivity contribution in [3.05, 3.63) is 0 Å². The molecule has 0 saturated carbocycles. The van der Waals surface area contributed by atoms with Gasteiger partial charge in [-0.3, -0.25) is 4.79 Å². The van der Waals surface area contributed by atoms with Gasteiger partial charge in [-0.25, -0.2) is 10.4 Å². The summed E-state index contributed by atoms with van der Waals surface area (Å²) < 4.78 is 0. The molecule has 62 valence electrons. The molecule has 2 unspecified atom stereocenters. The summed E-state index contributed by atoms with van der Waals surface area (Å²) in [5.41, 5.74) is 5.37. The van der Waals surface area contributed by atoms with Crippen LogP contribution in [0, 0.1) is 0 Å². The molecule has 0 spiro atoms. The Balaban J connectivity index is 2.61. The van der Waals surface area contributed by atoms with Gasteiger partial charge in [0.2, 0.25) is 0 Å². The van der Waals surface area contributed by atoms with Crippen LogP contribution in [0.25, 0.3) is 0 Å². The van der Waals surface area contributed by atoms with Crippen molar-refractivity contribution >= 4 is 24.4 Å². The van der Waals surface area contributed by atoms with Gasteiger partial charge in [-0.05, 0) is 6.92 Å². The third-order valence-corrected chi connectivity index (χ3v) is 1.70. The third kappa shape index (κ3) is 1.84. The molecule has 1 aliphatic rings. The van der Waals surface area contributed by atoms with Crippen molar-refractivity contribution < 1.29 is 9.90 Å². The second-order valence-electron chi connectivity index (χ2n) is 2.20. The molecule has 3 N–H and O–H groups in total. The molecule has 0 radical (unpaired) electrons. The first-order valence-corrected chi connectivity index (χ1v) is 3.63. The second-order valence-corrected chi connectivity index (χ2v) is 2.72. The minimum atomic E-state index is -1.00. The minimum Gasteiger partial charge on any atom is -0.480 e. The highest BCUT2D eigenvalue weighted by Gasteiger charge is 2.23. The standard InChI is InChI=1S/C5H9N3O2S/c1-2-6-4(8-7-2)3(11)5(9)10/h2-3,7,11H,1H3,(H,6,8)(H,9,10). The molecule has 11 heavy (non-hydrogen) atoms. The maximum Gasteiger partial charge on any atom is 0.324 e. The molecule has 0 amide bonds. The fourth-order valence-corrected chi connectivity index (χ4v) is 0.839. The quantitative estimate of drug-likeness (QED) is 0.415. The van der Waals surface area contributed by atoms with Crippen molar-refractivity contribution in [2.45, 2.75) is 18.3 Å². The van der Waals surface area contributed by atoms with Gasteiger partial charge in [-0.1, -0.05) is 0 Å². The van der Waals surface area contributed by atoms with Crippen LogP contribution in [-0.4, -0.2) is 28.3 Å². The molecule has 0 bridgehead atoms. The van der Waals surface area contributed by atoms with Crippen molar-refractivity contribution in [2.24, 2.45) is 4.99 Å². The first-order chi connectivity index (χ1) is 5.11. The maximum atomic E-state index is 10.4. The maximum absolute atomic E-state index is 10.4. The first-order valence-electron chi connectivity index (χ1n) is 3.11. The lowest BCUT2D eigenvalue weighted by molar-refractivity contribution is -0.135. The van der Waals surface area contributed by atoms with E-state index in [0.29, 0.717) is 5.84 Å². The molecule has 0 aliphatic carbocycles. The zero-order valence-corrected chi connectivity index (χ0v) is 6.80. The van der Waals surface area contributed by atoms with Crippen LogP contribution in [0.1, 0.15) is 6.92 Å². The molecule has 0 aromatic carbocycles. The molecule has 1 heterocycles. The normalized spacial score (nSPS) is 25.6. The predicted molar refractivity (Wildman–Crippen MR) is 43.6 cm³/mol. The number of nitrogens with zero attached hydrogens (tertiary/aromatic N) is 1. The van der Waals surface area contributed by atoms with E-state index in [2.05, 4.69) is 28.5 Å². The van der Waals surface area contributed by atoms with Crippen molar-refractivity contribution in [1.82, 2.24) is 10.9 Å². The number of hydrazine groups is 1. The number of nitrogens with one attached hydrogen (secondary N) is 2. The molecule has 0 aromatic rings. The van der Waals surface area contributed by atoms with Gasteiger partial charge in [0.05, 0.1) is 0 Å². The number of carboxylic acids is 1. The zero-order chi connectivity index (χ0) is 8.43. The summed E-state index contributed by atoms with van der Waals surface area (Å²) in [4.78, 5) is 14.3. The lowest BCUT2D eigenvalue weighted by Gasteiger charge is -2.04. The second kappa shape index (κ2) is 3.10. The Morgan fingerprint density at radius 1 is 1.91 bits per heavy atom. The highest BCUT2D eigenvalue weighted by Crippen LogP contribution is 2.01. The Morgan fingerprint density at radius 3 is 2.91 bits per heavy atom. The van der Waals surface area contributed by atoms with Crippen LogP contribution in [-0.2, 0) is 4.79 Å². The largest absolute Gasteiger partial charge is 0.480 e. The Hall–Kier alpha value is -0.750. The van der Waals surface area contributed by atoms with Gasteiger partial charge in [0.15, 0.2) is 5.25 Å². The lowest BCUT2D eigenvalue weighted by Crippen LogP contribution is -2.39. The summed E-state index contributed by atoms with van der Waals surface area (Å²) in [6.07, 6.45) is -0.0843. The molecular weight excluding hydrogens is 166 g/mol. The van der Waals surface area contributed by atoms with Crippen molar-refractivity contribution in [2.75, 3.05) is 0 Å². The molecule has 5 nitrogen and oxygen atoms in total. The number of carboxylic acid groups (broad SMARTS) is 1. The smallest absolute Gasteiger partial charge is 0.324 e. The summed E-state index contributed by atoms with van der Waals surface area (Å²) in [7, 11) is 0. The highest BCUT2D eigenvalue weighted by atomic mass is 32.1. The molecule has 0 aromatic heterocycles. The third-order valence-electron chi connectivity index (χ3n) is 1.23. The molecule has 0 saturated heterocycles. The fourth-order valence-electron chi connectivity index (χ4n) is 0.707. The van der Waals surface area contributed by atoms with E-state index in [-0.39, 0.29) is 6.17 Å². The monoisotopic (exact) mass is 175 g/mol. The Morgan fingerprint density at radius 2 is 2.55 bits per heavy atom. The van der Waals surface area contributed by atoms with E-state index < -0.39 is 11.2 Å². The number of aliphatic imine (C=N–C) groups is 1. The molecule has 1 rings (SSSR count). The molecule has 6 heteroatoms. The van der Waals surface area contributed by atoms with Crippen LogP contribution >= 0.6 is 12.6 Å². The number of aliphatic carboxylic acids is 1. The SMILES string of the molecule is CC1N=C(C(S)C(=O)O)NN1. The van der Waals surface area contributed by atoms with Crippen molar-refractivity contribution in [3.8, 4) is 0 Å². The summed E-state index contributed by atoms with van der Waals surface area (Å²) in [6.45, 7) is 1.81. The minimum absolute atomic E-state index is 0.0843. The van der Waals surface area contributed by atoms with E-state index in [1.54, 1.807) is 0 Å². The van der Waals surface area contributed by atoms with Crippen LogP contribution in [0.4, 0.5) is 0 Å². The van der Waals surface area contributed by atoms with Gasteiger partial charge in [0, 0.05) is 0 Å². The topological polar surface area (TPSA) is 73.7 Å². The number of rotatable bonds is 2. The molecular formula is C5H9N3O2S. The number of hydrogen-bond donors (Lipinski definition) is 4. The van der Waals surface area contributed by atoms with Gasteiger partial charge >= 0.3 is 5.97 Å². The van der Waals surface area contributed by atoms with Gasteiger partial charge in [-0.15, -0.1) is 0 Å². The van der Waals surface area contributed by atoms with Gasteiger partial charge in [-0.2, -0.15) is 12.6 Å². The fraction of sp³-hybridized carbons (Fsp3) is 0.600. The van der Waals surface area contributed by atoms with Crippen LogP contribution < -0.4 is 10.9 Å². The van der Waals surface area contributed by atoms with Crippen molar-refractivity contribution in [3.63, 3.8) is 0 Å². The first kappa shape index (κ1) is 8.35. The average Bonchev–Trinajstić information content (AvgIpc) is 2.34. The summed E-state index contributed by atoms with van der Waals surface area (Å²) >= 11 is 3.83. The Bertz CT molecular complexity index is 206. The summed E-state index contributed by atoms with van der Waals surface area (Å²) in [5.74, 6) is -0.649. The van der Waals surface area contributed by atoms with Crippen molar-refractivity contribution in [1.29, 1.82) is 0 Å². The van der Waals surface area contributed by atoms with E-state index in [1.165, 1.54) is 0 Å². The predicted octanol–water partition coefficient (Wildman–Crippen LogP) is -0.778. The van der Waals surface area contributed by atoms with E-state index in [4.69, 9.17) is 5.11 Å². The molecule has 2 atom stereocenters. The highest BCUT2D eigenvalue weighted by molar-refractivity contribution is 7.82. The van der Waals surface area contributed by atoms with Crippen LogP contribution in [0.3, 0.4) is 0 Å². The number of hydrogen-bond acceptors (Lipinski definition) is 5. The number of amidine groups is 1. The van der Waals surface area contributed by atoms with Gasteiger partial charge in [0.25, 0.3) is 0 Å².